The van der Waals surface area contributed by atoms with Gasteiger partial charge in [0.1, 0.15) is 17.7 Å². The average molecular weight is 180 g/mol. The van der Waals surface area contributed by atoms with Crippen LogP contribution < -0.4 is 10.5 Å². The molecule has 1 aromatic rings. The van der Waals surface area contributed by atoms with Crippen LogP contribution in [0.2, 0.25) is 0 Å². The van der Waals surface area contributed by atoms with Crippen molar-refractivity contribution >= 4 is 5.84 Å². The van der Waals surface area contributed by atoms with Crippen LogP contribution in [0.15, 0.2) is 24.3 Å². The molecule has 0 radical (unpaired) electrons. The maximum atomic E-state index is 9.48. The van der Waals surface area contributed by atoms with Gasteiger partial charge in [-0.05, 0) is 6.07 Å². The minimum atomic E-state index is -1.09. The van der Waals surface area contributed by atoms with Gasteiger partial charge >= 0.3 is 0 Å². The summed E-state index contributed by atoms with van der Waals surface area (Å²) in [5.74, 6) is 0.245. The number of aliphatic hydroxyl groups excluding tert-OH is 1. The summed E-state index contributed by atoms with van der Waals surface area (Å²) in [6, 6.07) is 6.92. The Morgan fingerprint density at radius 3 is 2.69 bits per heavy atom. The van der Waals surface area contributed by atoms with E-state index in [1.807, 2.05) is 0 Å². The van der Waals surface area contributed by atoms with Crippen molar-refractivity contribution in [3.05, 3.63) is 29.8 Å². The molecule has 0 aliphatic carbocycles. The summed E-state index contributed by atoms with van der Waals surface area (Å²) in [6.45, 7) is 0. The zero-order valence-electron chi connectivity index (χ0n) is 7.32. The molecular formula is C9H12N2O2. The third-order valence-corrected chi connectivity index (χ3v) is 1.73. The molecule has 4 heteroatoms. The van der Waals surface area contributed by atoms with E-state index in [0.29, 0.717) is 11.3 Å². The molecule has 4 N–H and O–H groups in total. The Labute approximate surface area is 76.5 Å². The van der Waals surface area contributed by atoms with E-state index in [-0.39, 0.29) is 5.84 Å². The Bertz CT molecular complexity index is 312. The number of hydrogen-bond acceptors (Lipinski definition) is 3. The van der Waals surface area contributed by atoms with E-state index in [4.69, 9.17) is 15.9 Å². The summed E-state index contributed by atoms with van der Waals surface area (Å²) >= 11 is 0. The highest BCUT2D eigenvalue weighted by Crippen LogP contribution is 2.23. The smallest absolute Gasteiger partial charge is 0.139 e. The fourth-order valence-corrected chi connectivity index (χ4v) is 1.06. The lowest BCUT2D eigenvalue weighted by Crippen LogP contribution is -2.20. The van der Waals surface area contributed by atoms with Gasteiger partial charge in [0.05, 0.1) is 7.11 Å². The Kier molecular flexibility index (Phi) is 2.87. The first kappa shape index (κ1) is 9.54. The van der Waals surface area contributed by atoms with Crippen molar-refractivity contribution in [3.63, 3.8) is 0 Å². The molecule has 0 aliphatic rings. The summed E-state index contributed by atoms with van der Waals surface area (Å²) in [5.41, 5.74) is 5.68. The molecule has 1 rings (SSSR count). The number of nitrogens with two attached hydrogens (primary N) is 1. The van der Waals surface area contributed by atoms with Crippen LogP contribution >= 0.6 is 0 Å². The summed E-state index contributed by atoms with van der Waals surface area (Å²) in [4.78, 5) is 0. The van der Waals surface area contributed by atoms with Crippen molar-refractivity contribution in [2.45, 2.75) is 6.10 Å². The molecule has 0 heterocycles. The van der Waals surface area contributed by atoms with E-state index in [1.165, 1.54) is 7.11 Å². The highest BCUT2D eigenvalue weighted by Gasteiger charge is 2.14. The second-order valence-corrected chi connectivity index (χ2v) is 2.60. The van der Waals surface area contributed by atoms with E-state index in [1.54, 1.807) is 24.3 Å². The molecule has 0 bridgehead atoms. The van der Waals surface area contributed by atoms with Crippen LogP contribution in [-0.4, -0.2) is 18.1 Å². The Morgan fingerprint density at radius 1 is 1.54 bits per heavy atom. The molecular weight excluding hydrogens is 168 g/mol. The van der Waals surface area contributed by atoms with Crippen molar-refractivity contribution in [3.8, 4) is 5.75 Å². The first-order valence-electron chi connectivity index (χ1n) is 3.81. The van der Waals surface area contributed by atoms with Crippen LogP contribution in [0, 0.1) is 5.41 Å². The SMILES string of the molecule is COc1ccccc1C(O)C(=N)N. The predicted molar refractivity (Wildman–Crippen MR) is 49.9 cm³/mol. The van der Waals surface area contributed by atoms with E-state index >= 15 is 0 Å². The van der Waals surface area contributed by atoms with Gasteiger partial charge in [0.25, 0.3) is 0 Å². The fourth-order valence-electron chi connectivity index (χ4n) is 1.06. The van der Waals surface area contributed by atoms with Crippen LogP contribution in [0.4, 0.5) is 0 Å². The molecule has 0 saturated carbocycles. The number of methoxy groups -OCH3 is 1. The molecule has 0 fully saturated rings. The Hall–Kier alpha value is -1.55. The first-order chi connectivity index (χ1) is 6.16. The van der Waals surface area contributed by atoms with Crippen LogP contribution in [0.5, 0.6) is 5.75 Å². The van der Waals surface area contributed by atoms with E-state index < -0.39 is 6.10 Å². The molecule has 0 spiro atoms. The number of benzene rings is 1. The van der Waals surface area contributed by atoms with Crippen molar-refractivity contribution in [1.29, 1.82) is 5.41 Å². The van der Waals surface area contributed by atoms with Gasteiger partial charge in [0, 0.05) is 5.56 Å². The molecule has 1 unspecified atom stereocenters. The predicted octanol–water partition coefficient (Wildman–Crippen LogP) is 0.665. The first-order valence-corrected chi connectivity index (χ1v) is 3.81. The number of rotatable bonds is 3. The lowest BCUT2D eigenvalue weighted by molar-refractivity contribution is 0.238. The van der Waals surface area contributed by atoms with Gasteiger partial charge in [-0.15, -0.1) is 0 Å². The molecule has 70 valence electrons. The third-order valence-electron chi connectivity index (χ3n) is 1.73. The average Bonchev–Trinajstić information content (AvgIpc) is 2.16. The van der Waals surface area contributed by atoms with Gasteiger partial charge < -0.3 is 15.6 Å². The lowest BCUT2D eigenvalue weighted by atomic mass is 10.1. The molecule has 1 atom stereocenters. The van der Waals surface area contributed by atoms with Crippen LogP contribution in [0.25, 0.3) is 0 Å². The van der Waals surface area contributed by atoms with Gasteiger partial charge in [-0.2, -0.15) is 0 Å². The molecule has 4 nitrogen and oxygen atoms in total. The number of amidine groups is 1. The van der Waals surface area contributed by atoms with E-state index in [9.17, 15) is 5.11 Å². The van der Waals surface area contributed by atoms with Gasteiger partial charge in [-0.1, -0.05) is 18.2 Å². The maximum Gasteiger partial charge on any atom is 0.139 e. The van der Waals surface area contributed by atoms with Crippen molar-refractivity contribution in [1.82, 2.24) is 0 Å². The van der Waals surface area contributed by atoms with Gasteiger partial charge in [-0.3, -0.25) is 5.41 Å². The quantitative estimate of drug-likeness (QED) is 0.472. The number of hydrogen-bond donors (Lipinski definition) is 3. The van der Waals surface area contributed by atoms with Gasteiger partial charge in [-0.25, -0.2) is 0 Å². The standard InChI is InChI=1S/C9H12N2O2/c1-13-7-5-3-2-4-6(7)8(12)9(10)11/h2-5,8,12H,1H3,(H3,10,11). The summed E-state index contributed by atoms with van der Waals surface area (Å²) in [7, 11) is 1.51. The van der Waals surface area contributed by atoms with Crippen LogP contribution in [0.1, 0.15) is 11.7 Å². The van der Waals surface area contributed by atoms with Crippen LogP contribution in [-0.2, 0) is 0 Å². The number of nitrogens with one attached hydrogen (secondary N) is 1. The lowest BCUT2D eigenvalue weighted by Gasteiger charge is -2.12. The van der Waals surface area contributed by atoms with Crippen molar-refractivity contribution in [2.24, 2.45) is 5.73 Å². The van der Waals surface area contributed by atoms with Gasteiger partial charge in [0.15, 0.2) is 0 Å². The maximum absolute atomic E-state index is 9.48. The second kappa shape index (κ2) is 3.91. The molecule has 0 saturated heterocycles. The Balaban J connectivity index is 3.05. The molecule has 0 amide bonds. The topological polar surface area (TPSA) is 79.3 Å². The normalized spacial score (nSPS) is 12.2. The molecule has 0 aliphatic heterocycles. The minimum Gasteiger partial charge on any atom is -0.496 e. The van der Waals surface area contributed by atoms with E-state index in [2.05, 4.69) is 0 Å². The highest BCUT2D eigenvalue weighted by molar-refractivity contribution is 5.83. The van der Waals surface area contributed by atoms with Crippen LogP contribution in [0.3, 0.4) is 0 Å². The summed E-state index contributed by atoms with van der Waals surface area (Å²) < 4.78 is 5.00. The zero-order chi connectivity index (χ0) is 9.84. The van der Waals surface area contributed by atoms with Gasteiger partial charge in [0.2, 0.25) is 0 Å². The molecule has 1 aromatic carbocycles. The Morgan fingerprint density at radius 2 is 2.15 bits per heavy atom. The number of ether oxygens (including phenoxy) is 1. The molecule has 0 aromatic heterocycles. The second-order valence-electron chi connectivity index (χ2n) is 2.60. The van der Waals surface area contributed by atoms with Crippen molar-refractivity contribution < 1.29 is 9.84 Å². The van der Waals surface area contributed by atoms with E-state index in [0.717, 1.165) is 0 Å². The number of para-hydroxylation sites is 1. The largest absolute Gasteiger partial charge is 0.496 e. The fraction of sp³-hybridized carbons (Fsp3) is 0.222. The number of aliphatic hydroxyl groups is 1. The zero-order valence-corrected chi connectivity index (χ0v) is 7.32. The summed E-state index contributed by atoms with van der Waals surface area (Å²) in [5, 5.41) is 16.6. The highest BCUT2D eigenvalue weighted by atomic mass is 16.5. The monoisotopic (exact) mass is 180 g/mol. The molecule has 13 heavy (non-hydrogen) atoms. The minimum absolute atomic E-state index is 0.287. The third kappa shape index (κ3) is 1.97. The van der Waals surface area contributed by atoms with Crippen molar-refractivity contribution in [2.75, 3.05) is 7.11 Å². The summed E-state index contributed by atoms with van der Waals surface area (Å²) in [6.07, 6.45) is -1.09.